The van der Waals surface area contributed by atoms with Gasteiger partial charge in [0.15, 0.2) is 5.78 Å². The van der Waals surface area contributed by atoms with Gasteiger partial charge >= 0.3 is 6.03 Å². The molecular weight excluding hydrogens is 440 g/mol. The van der Waals surface area contributed by atoms with Gasteiger partial charge in [-0.05, 0) is 54.0 Å². The molecule has 3 aromatic rings. The first-order chi connectivity index (χ1) is 16.2. The Morgan fingerprint density at radius 1 is 1.06 bits per heavy atom. The number of aromatic nitrogens is 1. The summed E-state index contributed by atoms with van der Waals surface area (Å²) in [5, 5.41) is 4.62. The Balaban J connectivity index is 1.36. The van der Waals surface area contributed by atoms with E-state index in [0.29, 0.717) is 5.56 Å². The van der Waals surface area contributed by atoms with Crippen LogP contribution in [0.25, 0.3) is 21.9 Å². The molecule has 1 saturated carbocycles. The van der Waals surface area contributed by atoms with E-state index in [2.05, 4.69) is 10.3 Å². The summed E-state index contributed by atoms with van der Waals surface area (Å²) < 4.78 is 27.2. The smallest absolute Gasteiger partial charge is 0.323 e. The van der Waals surface area contributed by atoms with Crippen molar-refractivity contribution in [3.05, 3.63) is 66.0 Å². The first-order valence-electron chi connectivity index (χ1n) is 11.2. The van der Waals surface area contributed by atoms with Gasteiger partial charge in [0.25, 0.3) is 5.91 Å². The number of nitrogens with one attached hydrogen (secondary N) is 1. The Morgan fingerprint density at radius 2 is 1.82 bits per heavy atom. The zero-order valence-corrected chi connectivity index (χ0v) is 18.6. The minimum Gasteiger partial charge on any atom is -0.323 e. The summed E-state index contributed by atoms with van der Waals surface area (Å²) >= 11 is 0. The van der Waals surface area contributed by atoms with Crippen LogP contribution in [0.3, 0.4) is 0 Å². The maximum absolute atomic E-state index is 13.6. The van der Waals surface area contributed by atoms with Crippen LogP contribution in [-0.4, -0.2) is 45.6 Å². The van der Waals surface area contributed by atoms with Gasteiger partial charge in [-0.3, -0.25) is 19.5 Å². The Hall–Kier alpha value is -3.68. The average molecular weight is 463 g/mol. The van der Waals surface area contributed by atoms with E-state index in [4.69, 9.17) is 0 Å². The lowest BCUT2D eigenvalue weighted by Gasteiger charge is -2.34. The van der Waals surface area contributed by atoms with Gasteiger partial charge in [0.05, 0.1) is 6.54 Å². The van der Waals surface area contributed by atoms with Gasteiger partial charge in [0.2, 0.25) is 5.92 Å². The SMILES string of the molecule is Cc1cc(C(=O)CN2C(=O)NC3(CCC(F)(F)CC3)C2=O)ccc1-c1cccc2ccncc12. The molecule has 0 atom stereocenters. The third kappa shape index (κ3) is 3.73. The highest BCUT2D eigenvalue weighted by Gasteiger charge is 2.55. The van der Waals surface area contributed by atoms with Crippen molar-refractivity contribution in [2.45, 2.75) is 44.1 Å². The van der Waals surface area contributed by atoms with E-state index in [1.54, 1.807) is 24.5 Å². The number of rotatable bonds is 4. The second-order valence-electron chi connectivity index (χ2n) is 9.11. The molecule has 1 aliphatic heterocycles. The predicted molar refractivity (Wildman–Crippen MR) is 123 cm³/mol. The molecule has 6 nitrogen and oxygen atoms in total. The molecule has 2 aliphatic rings. The number of urea groups is 1. The Kier molecular flexibility index (Phi) is 5.19. The molecule has 0 radical (unpaired) electrons. The van der Waals surface area contributed by atoms with Crippen molar-refractivity contribution in [2.24, 2.45) is 0 Å². The molecule has 3 amide bonds. The molecule has 0 bridgehead atoms. The molecule has 1 saturated heterocycles. The van der Waals surface area contributed by atoms with Gasteiger partial charge in [-0.25, -0.2) is 13.6 Å². The van der Waals surface area contributed by atoms with Gasteiger partial charge in [0.1, 0.15) is 5.54 Å². The summed E-state index contributed by atoms with van der Waals surface area (Å²) in [7, 11) is 0. The Bertz CT molecular complexity index is 1320. The molecule has 2 fully saturated rings. The van der Waals surface area contributed by atoms with Crippen LogP contribution in [-0.2, 0) is 4.79 Å². The summed E-state index contributed by atoms with van der Waals surface area (Å²) in [6.07, 6.45) is 2.33. The zero-order chi connectivity index (χ0) is 24.1. The minimum atomic E-state index is -2.83. The summed E-state index contributed by atoms with van der Waals surface area (Å²) in [4.78, 5) is 43.5. The van der Waals surface area contributed by atoms with Gasteiger partial charge < -0.3 is 5.32 Å². The van der Waals surface area contributed by atoms with Crippen LogP contribution >= 0.6 is 0 Å². The van der Waals surface area contributed by atoms with Crippen LogP contribution in [0, 0.1) is 6.92 Å². The number of fused-ring (bicyclic) bond motifs is 1. The van der Waals surface area contributed by atoms with Crippen LogP contribution in [0.2, 0.25) is 0 Å². The number of ketones is 1. The number of hydrogen-bond donors (Lipinski definition) is 1. The lowest BCUT2D eigenvalue weighted by atomic mass is 9.80. The number of carbonyl (C=O) groups is 3. The highest BCUT2D eigenvalue weighted by atomic mass is 19.3. The van der Waals surface area contributed by atoms with Gasteiger partial charge in [0, 0.05) is 36.2 Å². The number of imide groups is 1. The van der Waals surface area contributed by atoms with E-state index in [0.717, 1.165) is 32.4 Å². The van der Waals surface area contributed by atoms with Crippen LogP contribution in [0.15, 0.2) is 54.9 Å². The molecular formula is C26H23F2N3O3. The lowest BCUT2D eigenvalue weighted by molar-refractivity contribution is -0.135. The molecule has 1 aromatic heterocycles. The zero-order valence-electron chi connectivity index (χ0n) is 18.6. The number of halogens is 2. The number of amides is 3. The summed E-state index contributed by atoms with van der Waals surface area (Å²) in [5.74, 6) is -3.83. The van der Waals surface area contributed by atoms with Crippen molar-refractivity contribution in [3.8, 4) is 11.1 Å². The average Bonchev–Trinajstić information content (AvgIpc) is 3.05. The molecule has 1 N–H and O–H groups in total. The van der Waals surface area contributed by atoms with Gasteiger partial charge in [-0.1, -0.05) is 30.3 Å². The number of aryl methyl sites for hydroxylation is 1. The molecule has 34 heavy (non-hydrogen) atoms. The number of hydrogen-bond acceptors (Lipinski definition) is 4. The second kappa shape index (κ2) is 7.97. The molecule has 8 heteroatoms. The largest absolute Gasteiger partial charge is 0.325 e. The van der Waals surface area contributed by atoms with Crippen LogP contribution in [0.4, 0.5) is 13.6 Å². The molecule has 1 aliphatic carbocycles. The highest BCUT2D eigenvalue weighted by Crippen LogP contribution is 2.41. The van der Waals surface area contributed by atoms with Crippen LogP contribution < -0.4 is 5.32 Å². The minimum absolute atomic E-state index is 0.136. The summed E-state index contributed by atoms with van der Waals surface area (Å²) in [6.45, 7) is 1.46. The van der Waals surface area contributed by atoms with Gasteiger partial charge in [-0.2, -0.15) is 0 Å². The third-order valence-electron chi connectivity index (χ3n) is 6.90. The van der Waals surface area contributed by atoms with E-state index in [9.17, 15) is 23.2 Å². The van der Waals surface area contributed by atoms with E-state index in [1.807, 2.05) is 37.3 Å². The predicted octanol–water partition coefficient (Wildman–Crippen LogP) is 4.89. The van der Waals surface area contributed by atoms with Crippen molar-refractivity contribution < 1.29 is 23.2 Å². The Morgan fingerprint density at radius 3 is 2.56 bits per heavy atom. The molecule has 174 valence electrons. The maximum Gasteiger partial charge on any atom is 0.325 e. The standard InChI is InChI=1S/C26H23F2N3O3/c1-16-13-18(5-6-19(16)20-4-2-3-17-7-12-29-14-21(17)20)22(32)15-31-23(33)25(30-24(31)34)8-10-26(27,28)11-9-25/h2-7,12-14H,8-11,15H2,1H3,(H,30,34). The van der Waals surface area contributed by atoms with E-state index in [1.165, 1.54) is 0 Å². The van der Waals surface area contributed by atoms with E-state index >= 15 is 0 Å². The van der Waals surface area contributed by atoms with E-state index in [-0.39, 0.29) is 12.8 Å². The highest BCUT2D eigenvalue weighted by molar-refractivity contribution is 6.11. The first kappa shape index (κ1) is 22.1. The monoisotopic (exact) mass is 463 g/mol. The topological polar surface area (TPSA) is 79.4 Å². The molecule has 2 heterocycles. The molecule has 0 unspecified atom stereocenters. The fourth-order valence-electron chi connectivity index (χ4n) is 4.92. The number of carbonyl (C=O) groups excluding carboxylic acids is 3. The number of nitrogens with zero attached hydrogens (tertiary/aromatic N) is 2. The fraction of sp³-hybridized carbons (Fsp3) is 0.308. The maximum atomic E-state index is 13.6. The molecule has 1 spiro atoms. The Labute approximate surface area is 195 Å². The lowest BCUT2D eigenvalue weighted by Crippen LogP contribution is -2.51. The first-order valence-corrected chi connectivity index (χ1v) is 11.2. The van der Waals surface area contributed by atoms with Crippen molar-refractivity contribution in [1.29, 1.82) is 0 Å². The number of Topliss-reactive ketones (excluding diaryl/α,β-unsaturated/α-hetero) is 1. The van der Waals surface area contributed by atoms with Crippen molar-refractivity contribution >= 4 is 28.5 Å². The normalized spacial score (nSPS) is 19.0. The van der Waals surface area contributed by atoms with Crippen LogP contribution in [0.1, 0.15) is 41.6 Å². The van der Waals surface area contributed by atoms with Crippen molar-refractivity contribution in [1.82, 2.24) is 15.2 Å². The number of alkyl halides is 2. The van der Waals surface area contributed by atoms with Crippen molar-refractivity contribution in [3.63, 3.8) is 0 Å². The number of benzene rings is 2. The van der Waals surface area contributed by atoms with Gasteiger partial charge in [-0.15, -0.1) is 0 Å². The molecule has 2 aromatic carbocycles. The second-order valence-corrected chi connectivity index (χ2v) is 9.11. The molecule has 5 rings (SSSR count). The fourth-order valence-corrected chi connectivity index (χ4v) is 4.92. The quantitative estimate of drug-likeness (QED) is 0.441. The number of pyridine rings is 1. The van der Waals surface area contributed by atoms with Crippen molar-refractivity contribution in [2.75, 3.05) is 6.54 Å². The van der Waals surface area contributed by atoms with E-state index < -0.39 is 48.6 Å². The summed E-state index contributed by atoms with van der Waals surface area (Å²) in [5.41, 5.74) is 1.85. The third-order valence-corrected chi connectivity index (χ3v) is 6.90. The summed E-state index contributed by atoms with van der Waals surface area (Å²) in [6, 6.07) is 12.5. The van der Waals surface area contributed by atoms with Crippen LogP contribution in [0.5, 0.6) is 0 Å².